The van der Waals surface area contributed by atoms with Crippen LogP contribution in [0.2, 0.25) is 0 Å². The van der Waals surface area contributed by atoms with Gasteiger partial charge in [0.15, 0.2) is 0 Å². The summed E-state index contributed by atoms with van der Waals surface area (Å²) in [6.45, 7) is 1.20. The molecule has 7 nitrogen and oxygen atoms in total. The van der Waals surface area contributed by atoms with Crippen LogP contribution in [-0.2, 0) is 22.9 Å². The van der Waals surface area contributed by atoms with Crippen molar-refractivity contribution in [3.8, 4) is 11.5 Å². The van der Waals surface area contributed by atoms with Crippen molar-refractivity contribution in [1.82, 2.24) is 9.21 Å². The average Bonchev–Trinajstić information content (AvgIpc) is 3.26. The maximum Gasteiger partial charge on any atom is 0.257 e. The van der Waals surface area contributed by atoms with Gasteiger partial charge in [-0.15, -0.1) is 0 Å². The molecule has 0 spiro atoms. The number of nitrogens with zero attached hydrogens (tertiary/aromatic N) is 2. The molecule has 0 aromatic heterocycles. The Morgan fingerprint density at radius 1 is 0.900 bits per heavy atom. The first-order chi connectivity index (χ1) is 14.4. The van der Waals surface area contributed by atoms with Crippen molar-refractivity contribution in [3.63, 3.8) is 0 Å². The molecule has 2 aromatic carbocycles. The monoisotopic (exact) mass is 430 g/mol. The van der Waals surface area contributed by atoms with Crippen LogP contribution in [0.3, 0.4) is 0 Å². The van der Waals surface area contributed by atoms with E-state index >= 15 is 0 Å². The van der Waals surface area contributed by atoms with Crippen LogP contribution in [0.5, 0.6) is 11.5 Å². The van der Waals surface area contributed by atoms with E-state index in [4.69, 9.17) is 9.47 Å². The zero-order valence-electron chi connectivity index (χ0n) is 17.3. The molecule has 0 radical (unpaired) electrons. The molecule has 1 saturated heterocycles. The molecular weight excluding hydrogens is 404 g/mol. The van der Waals surface area contributed by atoms with Gasteiger partial charge in [0.2, 0.25) is 10.0 Å². The summed E-state index contributed by atoms with van der Waals surface area (Å²) in [6, 6.07) is 10.5. The summed E-state index contributed by atoms with van der Waals surface area (Å²) in [5.74, 6) is 0.866. The minimum atomic E-state index is -3.57. The summed E-state index contributed by atoms with van der Waals surface area (Å²) in [5, 5.41) is 0. The van der Waals surface area contributed by atoms with E-state index in [0.717, 1.165) is 24.8 Å². The van der Waals surface area contributed by atoms with Crippen molar-refractivity contribution in [2.75, 3.05) is 40.4 Å². The van der Waals surface area contributed by atoms with Crippen molar-refractivity contribution in [2.24, 2.45) is 0 Å². The van der Waals surface area contributed by atoms with Crippen LogP contribution < -0.4 is 9.47 Å². The number of carbonyl (C=O) groups excluding carboxylic acids is 1. The molecule has 30 heavy (non-hydrogen) atoms. The first-order valence-electron chi connectivity index (χ1n) is 10.1. The molecule has 1 aliphatic heterocycles. The van der Waals surface area contributed by atoms with E-state index in [2.05, 4.69) is 0 Å². The highest BCUT2D eigenvalue weighted by atomic mass is 32.2. The van der Waals surface area contributed by atoms with Gasteiger partial charge in [-0.2, -0.15) is 4.31 Å². The van der Waals surface area contributed by atoms with Gasteiger partial charge in [0.25, 0.3) is 5.91 Å². The summed E-state index contributed by atoms with van der Waals surface area (Å²) in [6.07, 6.45) is 3.03. The Morgan fingerprint density at radius 2 is 1.63 bits per heavy atom. The highest BCUT2D eigenvalue weighted by molar-refractivity contribution is 7.89. The largest absolute Gasteiger partial charge is 0.497 e. The van der Waals surface area contributed by atoms with Crippen LogP contribution in [0, 0.1) is 0 Å². The molecule has 2 aromatic rings. The predicted octanol–water partition coefficient (Wildman–Crippen LogP) is 2.34. The lowest BCUT2D eigenvalue weighted by Crippen LogP contribution is -2.50. The average molecular weight is 431 g/mol. The Labute approximate surface area is 177 Å². The predicted molar refractivity (Wildman–Crippen MR) is 113 cm³/mol. The smallest absolute Gasteiger partial charge is 0.257 e. The Morgan fingerprint density at radius 3 is 2.33 bits per heavy atom. The number of hydrogen-bond donors (Lipinski definition) is 0. The number of carbonyl (C=O) groups is 1. The molecule has 1 amide bonds. The molecule has 1 heterocycles. The van der Waals surface area contributed by atoms with Gasteiger partial charge in [-0.05, 0) is 54.7 Å². The molecule has 1 aliphatic carbocycles. The number of rotatable bonds is 5. The molecule has 0 atom stereocenters. The lowest BCUT2D eigenvalue weighted by Gasteiger charge is -2.34. The lowest BCUT2D eigenvalue weighted by atomic mass is 10.1. The number of piperazine rings is 1. The van der Waals surface area contributed by atoms with Crippen molar-refractivity contribution < 1.29 is 22.7 Å². The number of amides is 1. The van der Waals surface area contributed by atoms with Gasteiger partial charge in [0.1, 0.15) is 11.5 Å². The van der Waals surface area contributed by atoms with Crippen LogP contribution in [0.15, 0.2) is 41.3 Å². The highest BCUT2D eigenvalue weighted by Gasteiger charge is 2.32. The molecule has 0 unspecified atom stereocenters. The number of ether oxygens (including phenoxy) is 2. The minimum absolute atomic E-state index is 0.177. The van der Waals surface area contributed by atoms with E-state index < -0.39 is 10.0 Å². The third-order valence-electron chi connectivity index (χ3n) is 5.87. The fourth-order valence-corrected chi connectivity index (χ4v) is 5.61. The Kier molecular flexibility index (Phi) is 5.71. The summed E-state index contributed by atoms with van der Waals surface area (Å²) in [4.78, 5) is 15.0. The third-order valence-corrected chi connectivity index (χ3v) is 7.77. The molecule has 2 aliphatic rings. The minimum Gasteiger partial charge on any atom is -0.497 e. The van der Waals surface area contributed by atoms with E-state index in [1.165, 1.54) is 17.0 Å². The van der Waals surface area contributed by atoms with E-state index in [0.29, 0.717) is 35.0 Å². The maximum atomic E-state index is 13.1. The molecule has 0 saturated carbocycles. The summed E-state index contributed by atoms with van der Waals surface area (Å²) >= 11 is 0. The second-order valence-corrected chi connectivity index (χ2v) is 9.48. The first-order valence-corrected chi connectivity index (χ1v) is 11.5. The SMILES string of the molecule is COc1ccc(C(=O)N2CCN(S(=O)(=O)c3ccc4c(c3)CCC4)CC2)c(OC)c1. The van der Waals surface area contributed by atoms with Crippen LogP contribution in [-0.4, -0.2) is 63.9 Å². The summed E-state index contributed by atoms with van der Waals surface area (Å²) in [5.41, 5.74) is 2.82. The van der Waals surface area contributed by atoms with Crippen molar-refractivity contribution >= 4 is 15.9 Å². The zero-order valence-corrected chi connectivity index (χ0v) is 18.1. The molecular formula is C22H26N2O5S. The van der Waals surface area contributed by atoms with Crippen molar-refractivity contribution in [3.05, 3.63) is 53.1 Å². The molecule has 160 valence electrons. The number of fused-ring (bicyclic) bond motifs is 1. The summed E-state index contributed by atoms with van der Waals surface area (Å²) < 4.78 is 38.2. The number of benzene rings is 2. The number of sulfonamides is 1. The third kappa shape index (κ3) is 3.77. The van der Waals surface area contributed by atoms with E-state index in [9.17, 15) is 13.2 Å². The fraction of sp³-hybridized carbons (Fsp3) is 0.409. The Hall–Kier alpha value is -2.58. The molecule has 1 fully saturated rings. The van der Waals surface area contributed by atoms with E-state index in [1.807, 2.05) is 12.1 Å². The molecule has 4 rings (SSSR count). The van der Waals surface area contributed by atoms with Crippen molar-refractivity contribution in [2.45, 2.75) is 24.2 Å². The van der Waals surface area contributed by atoms with Crippen molar-refractivity contribution in [1.29, 1.82) is 0 Å². The molecule has 8 heteroatoms. The van der Waals surface area contributed by atoms with Gasteiger partial charge < -0.3 is 14.4 Å². The lowest BCUT2D eigenvalue weighted by molar-refractivity contribution is 0.0694. The van der Waals surface area contributed by atoms with Gasteiger partial charge in [-0.1, -0.05) is 6.07 Å². The fourth-order valence-electron chi connectivity index (χ4n) is 4.13. The topological polar surface area (TPSA) is 76.2 Å². The maximum absolute atomic E-state index is 13.1. The van der Waals surface area contributed by atoms with Gasteiger partial charge >= 0.3 is 0 Å². The zero-order chi connectivity index (χ0) is 21.3. The number of hydrogen-bond acceptors (Lipinski definition) is 5. The van der Waals surface area contributed by atoms with Gasteiger partial charge in [0.05, 0.1) is 24.7 Å². The quantitative estimate of drug-likeness (QED) is 0.728. The second kappa shape index (κ2) is 8.28. The van der Waals surface area contributed by atoms with E-state index in [-0.39, 0.29) is 19.0 Å². The standard InChI is InChI=1S/C22H26N2O5S/c1-28-18-7-9-20(21(15-18)29-2)22(25)23-10-12-24(13-11-23)30(26,27)19-8-6-16-4-3-5-17(16)14-19/h6-9,14-15H,3-5,10-13H2,1-2H3. The van der Waals surface area contributed by atoms with Gasteiger partial charge in [-0.3, -0.25) is 4.79 Å². The van der Waals surface area contributed by atoms with Crippen LogP contribution in [0.25, 0.3) is 0 Å². The number of methoxy groups -OCH3 is 2. The van der Waals surface area contributed by atoms with Crippen LogP contribution in [0.1, 0.15) is 27.9 Å². The van der Waals surface area contributed by atoms with Crippen LogP contribution in [0.4, 0.5) is 0 Å². The second-order valence-electron chi connectivity index (χ2n) is 7.55. The van der Waals surface area contributed by atoms with Crippen LogP contribution >= 0.6 is 0 Å². The van der Waals surface area contributed by atoms with Gasteiger partial charge in [-0.25, -0.2) is 8.42 Å². The highest BCUT2D eigenvalue weighted by Crippen LogP contribution is 2.28. The number of aryl methyl sites for hydroxylation is 2. The van der Waals surface area contributed by atoms with E-state index in [1.54, 1.807) is 36.3 Å². The molecule has 0 bridgehead atoms. The normalized spacial score (nSPS) is 16.9. The molecule has 0 N–H and O–H groups in total. The first kappa shape index (κ1) is 20.7. The Bertz CT molecular complexity index is 1060. The Balaban J connectivity index is 1.46. The van der Waals surface area contributed by atoms with Gasteiger partial charge in [0, 0.05) is 32.2 Å². The summed E-state index contributed by atoms with van der Waals surface area (Å²) in [7, 11) is -0.506.